The van der Waals surface area contributed by atoms with Crippen molar-refractivity contribution in [1.29, 1.82) is 0 Å². The minimum Gasteiger partial charge on any atom is -0.340 e. The van der Waals surface area contributed by atoms with E-state index < -0.39 is 6.04 Å². The van der Waals surface area contributed by atoms with Crippen LogP contribution in [0.15, 0.2) is 24.3 Å². The first-order valence-electron chi connectivity index (χ1n) is 9.16. The number of likely N-dealkylation sites (tertiary alicyclic amines) is 1. The molecule has 2 aromatic rings. The van der Waals surface area contributed by atoms with Crippen molar-refractivity contribution in [2.45, 2.75) is 51.1 Å². The Bertz CT molecular complexity index is 767. The Labute approximate surface area is 148 Å². The third-order valence-corrected chi connectivity index (χ3v) is 5.44. The van der Waals surface area contributed by atoms with Gasteiger partial charge in [-0.25, -0.2) is 0 Å². The molecule has 1 aromatic carbocycles. The molecule has 2 atom stereocenters. The third kappa shape index (κ3) is 3.06. The Morgan fingerprint density at radius 1 is 1.20 bits per heavy atom. The van der Waals surface area contributed by atoms with Gasteiger partial charge in [0.15, 0.2) is 0 Å². The van der Waals surface area contributed by atoms with Gasteiger partial charge < -0.3 is 15.2 Å². The zero-order chi connectivity index (χ0) is 17.4. The number of rotatable bonds is 3. The van der Waals surface area contributed by atoms with Crippen LogP contribution >= 0.6 is 0 Å². The van der Waals surface area contributed by atoms with Crippen molar-refractivity contribution in [2.24, 2.45) is 5.73 Å². The summed E-state index contributed by atoms with van der Waals surface area (Å²) in [7, 11) is 0. The SMILES string of the molecule is Cc1ccc(C(N)C(=O)N2CCCC(c3nnc4n3CCC4)C2)cc1. The summed E-state index contributed by atoms with van der Waals surface area (Å²) in [6.07, 6.45) is 4.20. The monoisotopic (exact) mass is 339 g/mol. The zero-order valence-corrected chi connectivity index (χ0v) is 14.7. The van der Waals surface area contributed by atoms with E-state index in [4.69, 9.17) is 5.73 Å². The van der Waals surface area contributed by atoms with Crippen LogP contribution in [0.25, 0.3) is 0 Å². The second-order valence-corrected chi connectivity index (χ2v) is 7.24. The molecule has 2 unspecified atom stereocenters. The number of carbonyl (C=O) groups excluding carboxylic acids is 1. The van der Waals surface area contributed by atoms with Crippen molar-refractivity contribution in [3.63, 3.8) is 0 Å². The van der Waals surface area contributed by atoms with E-state index in [1.807, 2.05) is 36.1 Å². The molecule has 1 amide bonds. The largest absolute Gasteiger partial charge is 0.340 e. The lowest BCUT2D eigenvalue weighted by molar-refractivity contribution is -0.134. The Morgan fingerprint density at radius 2 is 2.00 bits per heavy atom. The Kier molecular flexibility index (Phi) is 4.29. The molecular formula is C19H25N5O. The van der Waals surface area contributed by atoms with Crippen LogP contribution in [0.5, 0.6) is 0 Å². The Hall–Kier alpha value is -2.21. The van der Waals surface area contributed by atoms with E-state index in [-0.39, 0.29) is 11.8 Å². The predicted molar refractivity (Wildman–Crippen MR) is 95.0 cm³/mol. The first kappa shape index (κ1) is 16.3. The Morgan fingerprint density at radius 3 is 2.80 bits per heavy atom. The minimum absolute atomic E-state index is 0.00899. The van der Waals surface area contributed by atoms with E-state index in [2.05, 4.69) is 14.8 Å². The highest BCUT2D eigenvalue weighted by Gasteiger charge is 2.32. The third-order valence-electron chi connectivity index (χ3n) is 5.44. The van der Waals surface area contributed by atoms with Crippen molar-refractivity contribution in [3.8, 4) is 0 Å². The fourth-order valence-corrected chi connectivity index (χ4v) is 3.98. The lowest BCUT2D eigenvalue weighted by Crippen LogP contribution is -2.44. The molecule has 0 saturated carbocycles. The molecule has 132 valence electrons. The zero-order valence-electron chi connectivity index (χ0n) is 14.7. The van der Waals surface area contributed by atoms with Crippen LogP contribution in [0.2, 0.25) is 0 Å². The highest BCUT2D eigenvalue weighted by atomic mass is 16.2. The average molecular weight is 339 g/mol. The highest BCUT2D eigenvalue weighted by Crippen LogP contribution is 2.29. The number of piperidine rings is 1. The number of fused-ring (bicyclic) bond motifs is 1. The van der Waals surface area contributed by atoms with Crippen LogP contribution in [0.4, 0.5) is 0 Å². The number of carbonyl (C=O) groups is 1. The van der Waals surface area contributed by atoms with E-state index in [0.717, 1.165) is 56.0 Å². The molecule has 6 nitrogen and oxygen atoms in total. The number of benzene rings is 1. The number of nitrogens with zero attached hydrogens (tertiary/aromatic N) is 4. The van der Waals surface area contributed by atoms with E-state index in [1.165, 1.54) is 5.56 Å². The van der Waals surface area contributed by atoms with Gasteiger partial charge in [-0.05, 0) is 31.7 Å². The molecule has 2 aliphatic heterocycles. The maximum Gasteiger partial charge on any atom is 0.244 e. The second kappa shape index (κ2) is 6.59. The molecule has 4 rings (SSSR count). The fourth-order valence-electron chi connectivity index (χ4n) is 3.98. The van der Waals surface area contributed by atoms with Crippen LogP contribution in [0.1, 0.15) is 54.0 Å². The molecule has 1 saturated heterocycles. The van der Waals surface area contributed by atoms with Gasteiger partial charge in [-0.3, -0.25) is 4.79 Å². The summed E-state index contributed by atoms with van der Waals surface area (Å²) in [6.45, 7) is 4.50. The van der Waals surface area contributed by atoms with Crippen LogP contribution in [-0.2, 0) is 17.8 Å². The summed E-state index contributed by atoms with van der Waals surface area (Å²) >= 11 is 0. The summed E-state index contributed by atoms with van der Waals surface area (Å²) in [5.74, 6) is 2.42. The van der Waals surface area contributed by atoms with Crippen molar-refractivity contribution < 1.29 is 4.79 Å². The minimum atomic E-state index is -0.594. The van der Waals surface area contributed by atoms with Gasteiger partial charge in [0.2, 0.25) is 5.91 Å². The van der Waals surface area contributed by atoms with Crippen LogP contribution in [-0.4, -0.2) is 38.7 Å². The van der Waals surface area contributed by atoms with Gasteiger partial charge in [-0.2, -0.15) is 0 Å². The lowest BCUT2D eigenvalue weighted by atomic mass is 9.95. The molecule has 0 radical (unpaired) electrons. The van der Waals surface area contributed by atoms with Gasteiger partial charge in [0, 0.05) is 32.0 Å². The highest BCUT2D eigenvalue weighted by molar-refractivity contribution is 5.83. The molecule has 0 spiro atoms. The molecule has 0 aliphatic carbocycles. The topological polar surface area (TPSA) is 77.0 Å². The fraction of sp³-hybridized carbons (Fsp3) is 0.526. The predicted octanol–water partition coefficient (Wildman–Crippen LogP) is 1.94. The van der Waals surface area contributed by atoms with Crippen LogP contribution in [0.3, 0.4) is 0 Å². The van der Waals surface area contributed by atoms with E-state index in [1.54, 1.807) is 0 Å². The van der Waals surface area contributed by atoms with Gasteiger partial charge >= 0.3 is 0 Å². The second-order valence-electron chi connectivity index (χ2n) is 7.24. The quantitative estimate of drug-likeness (QED) is 0.927. The van der Waals surface area contributed by atoms with Crippen molar-refractivity contribution in [3.05, 3.63) is 47.0 Å². The van der Waals surface area contributed by atoms with E-state index in [9.17, 15) is 4.79 Å². The standard InChI is InChI=1S/C19H25N5O/c1-13-6-8-14(9-7-13)17(20)19(25)23-10-2-4-15(12-23)18-22-21-16-5-3-11-24(16)18/h6-9,15,17H,2-5,10-12,20H2,1H3. The van der Waals surface area contributed by atoms with Gasteiger partial charge in [0.05, 0.1) is 0 Å². The van der Waals surface area contributed by atoms with Gasteiger partial charge in [0.1, 0.15) is 17.7 Å². The van der Waals surface area contributed by atoms with Gasteiger partial charge in [-0.1, -0.05) is 29.8 Å². The van der Waals surface area contributed by atoms with Crippen molar-refractivity contribution >= 4 is 5.91 Å². The number of aromatic nitrogens is 3. The van der Waals surface area contributed by atoms with Crippen molar-refractivity contribution in [1.82, 2.24) is 19.7 Å². The van der Waals surface area contributed by atoms with Gasteiger partial charge in [0.25, 0.3) is 0 Å². The van der Waals surface area contributed by atoms with Crippen LogP contribution < -0.4 is 5.73 Å². The number of amides is 1. The molecule has 3 heterocycles. The summed E-state index contributed by atoms with van der Waals surface area (Å²) in [6, 6.07) is 7.31. The first-order chi connectivity index (χ1) is 12.1. The number of nitrogens with two attached hydrogens (primary N) is 1. The van der Waals surface area contributed by atoms with Crippen LogP contribution in [0, 0.1) is 6.92 Å². The van der Waals surface area contributed by atoms with E-state index in [0.29, 0.717) is 6.54 Å². The Balaban J connectivity index is 1.48. The summed E-state index contributed by atoms with van der Waals surface area (Å²) in [5, 5.41) is 8.73. The maximum atomic E-state index is 12.9. The normalized spacial score (nSPS) is 21.2. The molecule has 1 aromatic heterocycles. The molecule has 1 fully saturated rings. The number of hydrogen-bond donors (Lipinski definition) is 1. The van der Waals surface area contributed by atoms with E-state index >= 15 is 0 Å². The number of aryl methyl sites for hydroxylation is 2. The van der Waals surface area contributed by atoms with Gasteiger partial charge in [-0.15, -0.1) is 10.2 Å². The number of hydrogen-bond acceptors (Lipinski definition) is 4. The lowest BCUT2D eigenvalue weighted by Gasteiger charge is -2.34. The first-order valence-corrected chi connectivity index (χ1v) is 9.16. The molecular weight excluding hydrogens is 314 g/mol. The summed E-state index contributed by atoms with van der Waals surface area (Å²) < 4.78 is 2.25. The average Bonchev–Trinajstić information content (AvgIpc) is 3.25. The molecule has 0 bridgehead atoms. The maximum absolute atomic E-state index is 12.9. The smallest absolute Gasteiger partial charge is 0.244 e. The molecule has 2 aliphatic rings. The molecule has 2 N–H and O–H groups in total. The molecule has 25 heavy (non-hydrogen) atoms. The summed E-state index contributed by atoms with van der Waals surface area (Å²) in [5.41, 5.74) is 8.29. The molecule has 6 heteroatoms. The summed E-state index contributed by atoms with van der Waals surface area (Å²) in [4.78, 5) is 14.8. The van der Waals surface area contributed by atoms with Crippen molar-refractivity contribution in [2.75, 3.05) is 13.1 Å².